The Balaban J connectivity index is 2.42. The van der Waals surface area contributed by atoms with E-state index in [-0.39, 0.29) is 0 Å². The molecule has 1 N–H and O–H groups in total. The summed E-state index contributed by atoms with van der Waals surface area (Å²) in [6, 6.07) is 4.15. The smallest absolute Gasteiger partial charge is 0.107 e. The molecule has 0 saturated heterocycles. The molecule has 0 fully saturated rings. The molecular formula is C10H12BrN3S. The second-order valence-electron chi connectivity index (χ2n) is 3.31. The number of nitrogens with one attached hydrogen (secondary N) is 1. The Hall–Kier alpha value is -0.650. The van der Waals surface area contributed by atoms with Crippen LogP contribution < -0.4 is 5.32 Å². The minimum Gasteiger partial charge on any atom is -0.316 e. The standard InChI is InChI=1S/C10H12BrN3S/c1-12-5-7-6-14(2)13-10(7)8-3-4-9(11)15-8/h3-4,6,12H,5H2,1-2H3. The first-order valence-electron chi connectivity index (χ1n) is 4.63. The van der Waals surface area contributed by atoms with Crippen LogP contribution in [0.5, 0.6) is 0 Å². The van der Waals surface area contributed by atoms with Gasteiger partial charge in [-0.05, 0) is 35.1 Å². The molecule has 0 radical (unpaired) electrons. The molecule has 0 aliphatic carbocycles. The van der Waals surface area contributed by atoms with Crippen LogP contribution in [0, 0.1) is 0 Å². The molecule has 0 aliphatic heterocycles. The van der Waals surface area contributed by atoms with E-state index in [1.807, 2.05) is 18.8 Å². The lowest BCUT2D eigenvalue weighted by atomic mass is 10.2. The third-order valence-electron chi connectivity index (χ3n) is 2.08. The van der Waals surface area contributed by atoms with Crippen molar-refractivity contribution < 1.29 is 0 Å². The van der Waals surface area contributed by atoms with E-state index in [0.29, 0.717) is 0 Å². The van der Waals surface area contributed by atoms with E-state index in [9.17, 15) is 0 Å². The highest BCUT2D eigenvalue weighted by molar-refractivity contribution is 9.11. The third kappa shape index (κ3) is 2.30. The van der Waals surface area contributed by atoms with E-state index in [0.717, 1.165) is 16.0 Å². The zero-order chi connectivity index (χ0) is 10.8. The molecule has 2 aromatic rings. The Kier molecular flexibility index (Phi) is 3.23. The summed E-state index contributed by atoms with van der Waals surface area (Å²) in [5.41, 5.74) is 2.30. The van der Waals surface area contributed by atoms with Gasteiger partial charge >= 0.3 is 0 Å². The van der Waals surface area contributed by atoms with Gasteiger partial charge < -0.3 is 5.32 Å². The third-order valence-corrected chi connectivity index (χ3v) is 3.71. The lowest BCUT2D eigenvalue weighted by molar-refractivity contribution is 0.766. The van der Waals surface area contributed by atoms with Gasteiger partial charge in [0, 0.05) is 25.4 Å². The quantitative estimate of drug-likeness (QED) is 0.940. The van der Waals surface area contributed by atoms with Gasteiger partial charge in [-0.3, -0.25) is 4.68 Å². The molecule has 0 bridgehead atoms. The van der Waals surface area contributed by atoms with E-state index >= 15 is 0 Å². The number of hydrogen-bond donors (Lipinski definition) is 1. The van der Waals surface area contributed by atoms with E-state index in [1.165, 1.54) is 10.4 Å². The van der Waals surface area contributed by atoms with Gasteiger partial charge in [-0.2, -0.15) is 5.10 Å². The van der Waals surface area contributed by atoms with E-state index < -0.39 is 0 Å². The largest absolute Gasteiger partial charge is 0.316 e. The lowest BCUT2D eigenvalue weighted by Gasteiger charge is -1.97. The first-order valence-corrected chi connectivity index (χ1v) is 6.24. The van der Waals surface area contributed by atoms with Crippen LogP contribution in [0.25, 0.3) is 10.6 Å². The Labute approximate surface area is 101 Å². The number of nitrogens with zero attached hydrogens (tertiary/aromatic N) is 2. The van der Waals surface area contributed by atoms with Gasteiger partial charge in [0.1, 0.15) is 5.69 Å². The highest BCUT2D eigenvalue weighted by Gasteiger charge is 2.11. The Morgan fingerprint density at radius 1 is 1.53 bits per heavy atom. The maximum absolute atomic E-state index is 4.48. The van der Waals surface area contributed by atoms with Crippen LogP contribution in [-0.4, -0.2) is 16.8 Å². The van der Waals surface area contributed by atoms with E-state index in [1.54, 1.807) is 11.3 Å². The Morgan fingerprint density at radius 2 is 2.33 bits per heavy atom. The fourth-order valence-corrected chi connectivity index (χ4v) is 2.91. The van der Waals surface area contributed by atoms with E-state index in [2.05, 4.69) is 44.7 Å². The first kappa shape index (κ1) is 10.9. The second-order valence-corrected chi connectivity index (χ2v) is 5.77. The highest BCUT2D eigenvalue weighted by Crippen LogP contribution is 2.32. The average molecular weight is 286 g/mol. The molecule has 15 heavy (non-hydrogen) atoms. The van der Waals surface area contributed by atoms with Gasteiger partial charge in [0.2, 0.25) is 0 Å². The fourth-order valence-electron chi connectivity index (χ4n) is 1.51. The number of aryl methyl sites for hydroxylation is 1. The van der Waals surface area contributed by atoms with Crippen molar-refractivity contribution in [2.75, 3.05) is 7.05 Å². The predicted molar refractivity (Wildman–Crippen MR) is 67.0 cm³/mol. The molecule has 80 valence electrons. The van der Waals surface area contributed by atoms with Crippen molar-refractivity contribution in [1.82, 2.24) is 15.1 Å². The number of halogens is 1. The van der Waals surface area contributed by atoms with Crippen molar-refractivity contribution in [1.29, 1.82) is 0 Å². The van der Waals surface area contributed by atoms with Gasteiger partial charge in [-0.1, -0.05) is 0 Å². The van der Waals surface area contributed by atoms with Crippen LogP contribution >= 0.6 is 27.3 Å². The second kappa shape index (κ2) is 4.47. The summed E-state index contributed by atoms with van der Waals surface area (Å²) in [6.45, 7) is 0.846. The molecule has 0 saturated carbocycles. The summed E-state index contributed by atoms with van der Waals surface area (Å²) < 4.78 is 2.99. The minimum atomic E-state index is 0.846. The predicted octanol–water partition coefficient (Wildman–Crippen LogP) is 2.63. The van der Waals surface area contributed by atoms with Gasteiger partial charge in [0.05, 0.1) is 8.66 Å². The minimum absolute atomic E-state index is 0.846. The molecule has 2 heterocycles. The van der Waals surface area contributed by atoms with Gasteiger partial charge in [-0.15, -0.1) is 11.3 Å². The summed E-state index contributed by atoms with van der Waals surface area (Å²) in [6.07, 6.45) is 2.06. The zero-order valence-electron chi connectivity index (χ0n) is 8.62. The molecule has 0 spiro atoms. The lowest BCUT2D eigenvalue weighted by Crippen LogP contribution is -2.04. The molecule has 0 aliphatic rings. The summed E-state index contributed by atoms with van der Waals surface area (Å²) >= 11 is 5.18. The molecule has 5 heteroatoms. The summed E-state index contributed by atoms with van der Waals surface area (Å²) in [5, 5.41) is 7.63. The van der Waals surface area contributed by atoms with Gasteiger partial charge in [-0.25, -0.2) is 0 Å². The van der Waals surface area contributed by atoms with Crippen LogP contribution in [0.2, 0.25) is 0 Å². The fraction of sp³-hybridized carbons (Fsp3) is 0.300. The molecular weight excluding hydrogens is 274 g/mol. The molecule has 3 nitrogen and oxygen atoms in total. The summed E-state index contributed by atoms with van der Waals surface area (Å²) in [7, 11) is 3.90. The average Bonchev–Trinajstić information content (AvgIpc) is 2.73. The van der Waals surface area contributed by atoms with Crippen LogP contribution in [0.4, 0.5) is 0 Å². The normalized spacial score (nSPS) is 10.9. The van der Waals surface area contributed by atoms with Crippen LogP contribution in [0.3, 0.4) is 0 Å². The number of rotatable bonds is 3. The number of aromatic nitrogens is 2. The zero-order valence-corrected chi connectivity index (χ0v) is 11.0. The van der Waals surface area contributed by atoms with Crippen molar-refractivity contribution in [3.63, 3.8) is 0 Å². The highest BCUT2D eigenvalue weighted by atomic mass is 79.9. The van der Waals surface area contributed by atoms with E-state index in [4.69, 9.17) is 0 Å². The SMILES string of the molecule is CNCc1cn(C)nc1-c1ccc(Br)s1. The first-order chi connectivity index (χ1) is 7.20. The van der Waals surface area contributed by atoms with Crippen LogP contribution in [0.15, 0.2) is 22.1 Å². The maximum atomic E-state index is 4.48. The van der Waals surface area contributed by atoms with Crippen molar-refractivity contribution >= 4 is 27.3 Å². The van der Waals surface area contributed by atoms with Crippen molar-refractivity contribution in [3.8, 4) is 10.6 Å². The topological polar surface area (TPSA) is 29.9 Å². The summed E-state index contributed by atoms with van der Waals surface area (Å²) in [4.78, 5) is 1.20. The number of hydrogen-bond acceptors (Lipinski definition) is 3. The maximum Gasteiger partial charge on any atom is 0.107 e. The molecule has 0 unspecified atom stereocenters. The Bertz CT molecular complexity index is 461. The molecule has 0 atom stereocenters. The van der Waals surface area contributed by atoms with Crippen LogP contribution in [0.1, 0.15) is 5.56 Å². The molecule has 2 aromatic heterocycles. The molecule has 2 rings (SSSR count). The van der Waals surface area contributed by atoms with Gasteiger partial charge in [0.25, 0.3) is 0 Å². The van der Waals surface area contributed by atoms with Crippen molar-refractivity contribution in [3.05, 3.63) is 27.7 Å². The Morgan fingerprint density at radius 3 is 2.93 bits per heavy atom. The molecule has 0 aromatic carbocycles. The number of thiophene rings is 1. The van der Waals surface area contributed by atoms with Gasteiger partial charge in [0.15, 0.2) is 0 Å². The van der Waals surface area contributed by atoms with Crippen molar-refractivity contribution in [2.24, 2.45) is 7.05 Å². The summed E-state index contributed by atoms with van der Waals surface area (Å²) in [5.74, 6) is 0. The molecule has 0 amide bonds. The monoisotopic (exact) mass is 285 g/mol. The van der Waals surface area contributed by atoms with Crippen LogP contribution in [-0.2, 0) is 13.6 Å². The van der Waals surface area contributed by atoms with Crippen molar-refractivity contribution in [2.45, 2.75) is 6.54 Å².